The molecule has 0 fully saturated rings. The third-order valence-electron chi connectivity index (χ3n) is 8.07. The van der Waals surface area contributed by atoms with Crippen molar-refractivity contribution in [3.05, 3.63) is 133 Å². The van der Waals surface area contributed by atoms with E-state index < -0.39 is 0 Å². The Bertz CT molecular complexity index is 2470. The fourth-order valence-corrected chi connectivity index (χ4v) is 7.28. The van der Waals surface area contributed by atoms with Gasteiger partial charge in [-0.2, -0.15) is 0 Å². The van der Waals surface area contributed by atoms with Gasteiger partial charge in [0.1, 0.15) is 11.1 Å². The smallest absolute Gasteiger partial charge is 0.246 e. The van der Waals surface area contributed by atoms with E-state index in [4.69, 9.17) is 14.4 Å². The highest BCUT2D eigenvalue weighted by Gasteiger charge is 2.16. The van der Waals surface area contributed by atoms with Crippen LogP contribution in [0.15, 0.2) is 138 Å². The molecule has 0 saturated heterocycles. The molecule has 9 rings (SSSR count). The summed E-state index contributed by atoms with van der Waals surface area (Å²) in [6.07, 6.45) is 0. The van der Waals surface area contributed by atoms with Crippen LogP contribution < -0.4 is 0 Å². The molecule has 42 heavy (non-hydrogen) atoms. The molecule has 0 bridgehead atoms. The first-order valence-electron chi connectivity index (χ1n) is 14.0. The number of hydrogen-bond donors (Lipinski definition) is 0. The number of para-hydroxylation sites is 2. The third-order valence-corrected chi connectivity index (χ3v) is 9.29. The molecule has 0 aliphatic rings. The molecule has 3 heterocycles. The van der Waals surface area contributed by atoms with Gasteiger partial charge in [-0.25, -0.2) is 9.97 Å². The zero-order chi connectivity index (χ0) is 27.6. The van der Waals surface area contributed by atoms with Crippen molar-refractivity contribution in [2.75, 3.05) is 0 Å². The van der Waals surface area contributed by atoms with Crippen molar-refractivity contribution in [2.45, 2.75) is 0 Å². The highest BCUT2D eigenvalue weighted by atomic mass is 32.1. The highest BCUT2D eigenvalue weighted by Crippen LogP contribution is 2.42. The van der Waals surface area contributed by atoms with Crippen LogP contribution in [0.3, 0.4) is 0 Å². The van der Waals surface area contributed by atoms with Gasteiger partial charge >= 0.3 is 0 Å². The summed E-state index contributed by atoms with van der Waals surface area (Å²) in [5.74, 6) is 0. The van der Waals surface area contributed by atoms with Crippen LogP contribution >= 0.6 is 11.3 Å². The summed E-state index contributed by atoms with van der Waals surface area (Å²) in [5.41, 5.74) is 10.9. The molecule has 0 amide bonds. The summed E-state index contributed by atoms with van der Waals surface area (Å²) in [7, 11) is 0. The van der Waals surface area contributed by atoms with Crippen LogP contribution in [0.25, 0.3) is 86.8 Å². The second kappa shape index (κ2) is 9.10. The van der Waals surface area contributed by atoms with Gasteiger partial charge in [0.2, 0.25) is 5.71 Å². The van der Waals surface area contributed by atoms with Gasteiger partial charge in [-0.05, 0) is 81.9 Å². The molecule has 3 aromatic heterocycles. The first kappa shape index (κ1) is 23.4. The molecule has 0 saturated carbocycles. The van der Waals surface area contributed by atoms with Crippen LogP contribution in [0.5, 0.6) is 0 Å². The van der Waals surface area contributed by atoms with E-state index in [0.717, 1.165) is 38.6 Å². The number of aromatic nitrogens is 2. The Kier molecular flexibility index (Phi) is 5.07. The summed E-state index contributed by atoms with van der Waals surface area (Å²) in [6.45, 7) is 0. The fourth-order valence-electron chi connectivity index (χ4n) is 6.04. The minimum absolute atomic E-state index is 0.566. The molecule has 3 nitrogen and oxygen atoms in total. The van der Waals surface area contributed by atoms with Crippen molar-refractivity contribution >= 4 is 64.7 Å². The maximum absolute atomic E-state index is 6.14. The Morgan fingerprint density at radius 1 is 0.476 bits per heavy atom. The Hall–Kier alpha value is -5.32. The average Bonchev–Trinajstić information content (AvgIpc) is 3.61. The number of nitrogens with zero attached hydrogens (tertiary/aromatic N) is 2. The number of furan rings is 1. The molecule has 0 aliphatic carbocycles. The molecule has 0 unspecified atom stereocenters. The molecule has 9 aromatic rings. The summed E-state index contributed by atoms with van der Waals surface area (Å²) in [5, 5.41) is 3.58. The van der Waals surface area contributed by atoms with Crippen molar-refractivity contribution in [2.24, 2.45) is 0 Å². The quantitative estimate of drug-likeness (QED) is 0.218. The molecule has 0 spiro atoms. The first-order chi connectivity index (χ1) is 20.8. The van der Waals surface area contributed by atoms with E-state index in [2.05, 4.69) is 103 Å². The SMILES string of the molecule is c1ccc(-c2cc(-c3ccc4oc5nc6ccccc6nc5c4c3)cc(-c3cccc4c3sc3ccccc34)c2)cc1. The normalized spacial score (nSPS) is 11.8. The summed E-state index contributed by atoms with van der Waals surface area (Å²) in [4.78, 5) is 9.67. The van der Waals surface area contributed by atoms with Gasteiger partial charge in [-0.3, -0.25) is 0 Å². The highest BCUT2D eigenvalue weighted by molar-refractivity contribution is 7.26. The monoisotopic (exact) mass is 554 g/mol. The minimum Gasteiger partial charge on any atom is -0.436 e. The summed E-state index contributed by atoms with van der Waals surface area (Å²) < 4.78 is 8.77. The minimum atomic E-state index is 0.566. The second-order valence-corrected chi connectivity index (χ2v) is 11.7. The van der Waals surface area contributed by atoms with E-state index in [1.807, 2.05) is 41.7 Å². The lowest BCUT2D eigenvalue weighted by molar-refractivity contribution is 0.655. The second-order valence-electron chi connectivity index (χ2n) is 10.6. The zero-order valence-corrected chi connectivity index (χ0v) is 23.2. The largest absolute Gasteiger partial charge is 0.436 e. The van der Waals surface area contributed by atoms with Crippen molar-refractivity contribution in [3.8, 4) is 33.4 Å². The van der Waals surface area contributed by atoms with Crippen LogP contribution in [-0.2, 0) is 0 Å². The lowest BCUT2D eigenvalue weighted by atomic mass is 9.92. The molecule has 0 radical (unpaired) electrons. The van der Waals surface area contributed by atoms with Crippen LogP contribution in [-0.4, -0.2) is 9.97 Å². The van der Waals surface area contributed by atoms with Gasteiger partial charge in [0, 0.05) is 25.6 Å². The van der Waals surface area contributed by atoms with E-state index in [1.54, 1.807) is 0 Å². The van der Waals surface area contributed by atoms with Crippen molar-refractivity contribution in [3.63, 3.8) is 0 Å². The molecule has 0 atom stereocenters. The number of thiophene rings is 1. The topological polar surface area (TPSA) is 38.9 Å². The van der Waals surface area contributed by atoms with E-state index in [0.29, 0.717) is 5.71 Å². The first-order valence-corrected chi connectivity index (χ1v) is 14.8. The van der Waals surface area contributed by atoms with Gasteiger partial charge in [0.15, 0.2) is 0 Å². The Morgan fingerprint density at radius 2 is 1.19 bits per heavy atom. The van der Waals surface area contributed by atoms with Crippen LogP contribution in [0.2, 0.25) is 0 Å². The van der Waals surface area contributed by atoms with E-state index in [9.17, 15) is 0 Å². The van der Waals surface area contributed by atoms with E-state index in [-0.39, 0.29) is 0 Å². The fraction of sp³-hybridized carbons (Fsp3) is 0. The van der Waals surface area contributed by atoms with Gasteiger partial charge in [0.25, 0.3) is 0 Å². The molecular formula is C38H22N2OS. The maximum Gasteiger partial charge on any atom is 0.246 e. The third kappa shape index (κ3) is 3.66. The number of hydrogen-bond acceptors (Lipinski definition) is 4. The predicted octanol–water partition coefficient (Wildman–Crippen LogP) is 10.9. The molecule has 0 aliphatic heterocycles. The van der Waals surface area contributed by atoms with Crippen molar-refractivity contribution < 1.29 is 4.42 Å². The van der Waals surface area contributed by atoms with Crippen molar-refractivity contribution in [1.82, 2.24) is 9.97 Å². The predicted molar refractivity (Wildman–Crippen MR) is 176 cm³/mol. The van der Waals surface area contributed by atoms with Gasteiger partial charge < -0.3 is 4.42 Å². The molecule has 196 valence electrons. The van der Waals surface area contributed by atoms with Crippen LogP contribution in [0.1, 0.15) is 0 Å². The Balaban J connectivity index is 1.29. The van der Waals surface area contributed by atoms with Gasteiger partial charge in [0.05, 0.1) is 11.0 Å². The number of rotatable bonds is 3. The maximum atomic E-state index is 6.14. The van der Waals surface area contributed by atoms with Gasteiger partial charge in [-0.15, -0.1) is 11.3 Å². The number of fused-ring (bicyclic) bond motifs is 7. The Labute approximate surface area is 245 Å². The lowest BCUT2D eigenvalue weighted by Gasteiger charge is -2.12. The van der Waals surface area contributed by atoms with Crippen LogP contribution in [0.4, 0.5) is 0 Å². The van der Waals surface area contributed by atoms with E-state index >= 15 is 0 Å². The zero-order valence-electron chi connectivity index (χ0n) is 22.4. The van der Waals surface area contributed by atoms with Crippen molar-refractivity contribution in [1.29, 1.82) is 0 Å². The van der Waals surface area contributed by atoms with Gasteiger partial charge in [-0.1, -0.05) is 84.9 Å². The lowest BCUT2D eigenvalue weighted by Crippen LogP contribution is -1.87. The average molecular weight is 555 g/mol. The van der Waals surface area contributed by atoms with Crippen LogP contribution in [0, 0.1) is 0 Å². The molecule has 4 heteroatoms. The molecule has 0 N–H and O–H groups in total. The Morgan fingerprint density at radius 3 is 2.07 bits per heavy atom. The molecular weight excluding hydrogens is 532 g/mol. The standard InChI is InChI=1S/C38H22N2OS/c1-2-9-23(10-3-1)25-19-26(21-27(20-25)28-12-8-13-30-29-11-4-7-16-35(29)42-37(28)30)24-17-18-34-31(22-24)36-38(41-34)40-33-15-6-5-14-32(33)39-36/h1-22H. The summed E-state index contributed by atoms with van der Waals surface area (Å²) in [6, 6.07) is 47.2. The number of benzene rings is 6. The molecule has 6 aromatic carbocycles. The summed E-state index contributed by atoms with van der Waals surface area (Å²) >= 11 is 1.86. The van der Waals surface area contributed by atoms with E-state index in [1.165, 1.54) is 42.4 Å².